The summed E-state index contributed by atoms with van der Waals surface area (Å²) in [6.45, 7) is 4.70. The van der Waals surface area contributed by atoms with E-state index in [-0.39, 0.29) is 0 Å². The van der Waals surface area contributed by atoms with Crippen LogP contribution in [0.3, 0.4) is 0 Å². The molecule has 6 nitrogen and oxygen atoms in total. The molecule has 35 heavy (non-hydrogen) atoms. The van der Waals surface area contributed by atoms with Gasteiger partial charge in [-0.3, -0.25) is 0 Å². The van der Waals surface area contributed by atoms with E-state index in [1.807, 2.05) is 36.5 Å². The molecule has 1 aromatic carbocycles. The smallest absolute Gasteiger partial charge is 0.203 e. The van der Waals surface area contributed by atoms with Crippen LogP contribution in [0.4, 0.5) is 0 Å². The Kier molecular flexibility index (Phi) is 16.3. The van der Waals surface area contributed by atoms with E-state index in [2.05, 4.69) is 13.2 Å². The first-order chi connectivity index (χ1) is 17.0. The number of aliphatic hydroxyl groups excluding tert-OH is 1. The molecule has 0 bridgehead atoms. The second-order valence-electron chi connectivity index (χ2n) is 7.60. The highest BCUT2D eigenvalue weighted by molar-refractivity contribution is 7.99. The van der Waals surface area contributed by atoms with Crippen molar-refractivity contribution in [2.24, 2.45) is 0 Å². The highest BCUT2D eigenvalue weighted by atomic mass is 32.2. The summed E-state index contributed by atoms with van der Waals surface area (Å²) in [7, 11) is 6.34. The number of hydrogen-bond acceptors (Lipinski definition) is 8. The zero-order valence-corrected chi connectivity index (χ0v) is 23.9. The molecule has 198 valence electrons. The standard InChI is InChI=1S/C27H42O6S2/c1-8-13-33-26-18-21(17-25(31-5)27(26)32-6)22(28)11-12-23(29-3)24(30-4)16-20(9-2)19-35-15-10-14-34-7/h11-12,16-18,22,28H,8-10,13-15,19H2,1-7H3/b12-11+,20-16+,24-23-. The summed E-state index contributed by atoms with van der Waals surface area (Å²) >= 11 is 3.82. The highest BCUT2D eigenvalue weighted by Crippen LogP contribution is 2.40. The van der Waals surface area contributed by atoms with Crippen LogP contribution in [0, 0.1) is 0 Å². The minimum atomic E-state index is -0.913. The Morgan fingerprint density at radius 2 is 1.71 bits per heavy atom. The maximum absolute atomic E-state index is 10.9. The van der Waals surface area contributed by atoms with Crippen LogP contribution in [-0.4, -0.2) is 63.7 Å². The fraction of sp³-hybridized carbons (Fsp3) is 0.556. The number of hydrogen-bond donors (Lipinski definition) is 1. The van der Waals surface area contributed by atoms with Crippen LogP contribution in [0.15, 0.2) is 47.5 Å². The fourth-order valence-electron chi connectivity index (χ4n) is 3.15. The Bertz CT molecular complexity index is 835. The van der Waals surface area contributed by atoms with Crippen LogP contribution in [0.1, 0.15) is 44.8 Å². The third kappa shape index (κ3) is 10.7. The van der Waals surface area contributed by atoms with Gasteiger partial charge in [-0.1, -0.05) is 19.4 Å². The Labute approximate surface area is 220 Å². The van der Waals surface area contributed by atoms with Gasteiger partial charge in [0, 0.05) is 5.75 Å². The molecule has 0 fully saturated rings. The molecule has 0 spiro atoms. The zero-order chi connectivity index (χ0) is 26.1. The van der Waals surface area contributed by atoms with Crippen LogP contribution in [0.5, 0.6) is 17.2 Å². The van der Waals surface area contributed by atoms with Gasteiger partial charge < -0.3 is 28.8 Å². The maximum Gasteiger partial charge on any atom is 0.203 e. The average Bonchev–Trinajstić information content (AvgIpc) is 2.89. The lowest BCUT2D eigenvalue weighted by Crippen LogP contribution is -2.03. The Morgan fingerprint density at radius 1 is 1.00 bits per heavy atom. The van der Waals surface area contributed by atoms with E-state index in [0.717, 1.165) is 24.3 Å². The topological polar surface area (TPSA) is 66.4 Å². The maximum atomic E-state index is 10.9. The van der Waals surface area contributed by atoms with E-state index < -0.39 is 6.10 Å². The van der Waals surface area contributed by atoms with Crippen LogP contribution < -0.4 is 14.2 Å². The molecular formula is C27H42O6S2. The summed E-state index contributed by atoms with van der Waals surface area (Å²) < 4.78 is 27.9. The quantitative estimate of drug-likeness (QED) is 0.134. The molecule has 8 heteroatoms. The first kappa shape index (κ1) is 31.1. The monoisotopic (exact) mass is 526 g/mol. The molecule has 0 amide bonds. The summed E-state index contributed by atoms with van der Waals surface area (Å²) in [5.74, 6) is 5.97. The molecule has 0 radical (unpaired) electrons. The number of allylic oxidation sites excluding steroid dienone is 2. The average molecular weight is 527 g/mol. The minimum Gasteiger partial charge on any atom is -0.493 e. The molecule has 1 rings (SSSR count). The molecule has 0 aliphatic heterocycles. The third-order valence-electron chi connectivity index (χ3n) is 5.10. The van der Waals surface area contributed by atoms with E-state index in [4.69, 9.17) is 23.7 Å². The predicted molar refractivity (Wildman–Crippen MR) is 149 cm³/mol. The van der Waals surface area contributed by atoms with Crippen molar-refractivity contribution >= 4 is 23.5 Å². The summed E-state index contributed by atoms with van der Waals surface area (Å²) in [6.07, 6.45) is 9.62. The molecule has 1 atom stereocenters. The molecule has 1 aromatic rings. The molecule has 0 aliphatic rings. The van der Waals surface area contributed by atoms with Crippen molar-refractivity contribution in [3.63, 3.8) is 0 Å². The van der Waals surface area contributed by atoms with Crippen molar-refractivity contribution in [1.82, 2.24) is 0 Å². The predicted octanol–water partition coefficient (Wildman–Crippen LogP) is 6.41. The van der Waals surface area contributed by atoms with Crippen LogP contribution >= 0.6 is 23.5 Å². The van der Waals surface area contributed by atoms with Gasteiger partial charge in [0.05, 0.1) is 41.2 Å². The fourth-order valence-corrected chi connectivity index (χ4v) is 4.81. The summed E-state index contributed by atoms with van der Waals surface area (Å²) in [4.78, 5) is 0. The number of ether oxygens (including phenoxy) is 5. The molecule has 0 saturated carbocycles. The summed E-state index contributed by atoms with van der Waals surface area (Å²) in [5.41, 5.74) is 1.89. The second-order valence-corrected chi connectivity index (χ2v) is 9.69. The largest absolute Gasteiger partial charge is 0.493 e. The molecule has 0 aliphatic carbocycles. The van der Waals surface area contributed by atoms with Gasteiger partial charge in [-0.15, -0.1) is 0 Å². The van der Waals surface area contributed by atoms with E-state index in [0.29, 0.717) is 40.9 Å². The van der Waals surface area contributed by atoms with Gasteiger partial charge in [0.1, 0.15) is 0 Å². The van der Waals surface area contributed by atoms with Crippen molar-refractivity contribution in [2.45, 2.75) is 39.2 Å². The van der Waals surface area contributed by atoms with Gasteiger partial charge in [0.25, 0.3) is 0 Å². The van der Waals surface area contributed by atoms with Crippen molar-refractivity contribution in [3.05, 3.63) is 53.0 Å². The molecular weight excluding hydrogens is 484 g/mol. The summed E-state index contributed by atoms with van der Waals surface area (Å²) in [5, 5.41) is 10.9. The van der Waals surface area contributed by atoms with Crippen molar-refractivity contribution in [3.8, 4) is 17.2 Å². The normalized spacial score (nSPS) is 13.4. The lowest BCUT2D eigenvalue weighted by molar-refractivity contribution is 0.221. The Morgan fingerprint density at radius 3 is 2.29 bits per heavy atom. The number of methoxy groups -OCH3 is 4. The van der Waals surface area contributed by atoms with Crippen LogP contribution in [0.2, 0.25) is 0 Å². The SMILES string of the molecule is CCCOc1cc(C(O)/C=C/C(OC)=C(\C=C(/CC)CSCCCSC)OC)cc(OC)c1OC. The zero-order valence-electron chi connectivity index (χ0n) is 22.2. The minimum absolute atomic E-state index is 0.495. The first-order valence-electron chi connectivity index (χ1n) is 11.8. The third-order valence-corrected chi connectivity index (χ3v) is 6.95. The van der Waals surface area contributed by atoms with E-state index in [1.54, 1.807) is 52.7 Å². The van der Waals surface area contributed by atoms with E-state index >= 15 is 0 Å². The second kappa shape index (κ2) is 18.4. The van der Waals surface area contributed by atoms with Gasteiger partial charge in [0.15, 0.2) is 23.0 Å². The van der Waals surface area contributed by atoms with Gasteiger partial charge in [-0.2, -0.15) is 23.5 Å². The Hall–Kier alpha value is -1.90. The number of rotatable bonds is 18. The van der Waals surface area contributed by atoms with Crippen LogP contribution in [-0.2, 0) is 9.47 Å². The molecule has 0 saturated heterocycles. The lowest BCUT2D eigenvalue weighted by Gasteiger charge is -2.17. The number of benzene rings is 1. The lowest BCUT2D eigenvalue weighted by atomic mass is 10.1. The first-order valence-corrected chi connectivity index (χ1v) is 14.4. The molecule has 0 heterocycles. The molecule has 0 aromatic heterocycles. The van der Waals surface area contributed by atoms with Gasteiger partial charge in [0.2, 0.25) is 5.75 Å². The van der Waals surface area contributed by atoms with E-state index in [1.165, 1.54) is 17.7 Å². The number of aliphatic hydroxyl groups is 1. The number of thioether (sulfide) groups is 2. The Balaban J connectivity index is 3.14. The highest BCUT2D eigenvalue weighted by Gasteiger charge is 2.17. The van der Waals surface area contributed by atoms with Gasteiger partial charge in [-0.05, 0) is 72.9 Å². The van der Waals surface area contributed by atoms with Crippen LogP contribution in [0.25, 0.3) is 0 Å². The van der Waals surface area contributed by atoms with Crippen molar-refractivity contribution in [1.29, 1.82) is 0 Å². The molecule has 1 unspecified atom stereocenters. The molecule has 1 N–H and O–H groups in total. The van der Waals surface area contributed by atoms with Gasteiger partial charge in [-0.25, -0.2) is 0 Å². The van der Waals surface area contributed by atoms with Gasteiger partial charge >= 0.3 is 0 Å². The summed E-state index contributed by atoms with van der Waals surface area (Å²) in [6, 6.07) is 3.51. The van der Waals surface area contributed by atoms with Crippen molar-refractivity contribution in [2.75, 3.05) is 58.6 Å². The van der Waals surface area contributed by atoms with Crippen molar-refractivity contribution < 1.29 is 28.8 Å². The van der Waals surface area contributed by atoms with E-state index in [9.17, 15) is 5.11 Å².